The van der Waals surface area contributed by atoms with Crippen LogP contribution in [0.4, 0.5) is 0 Å². The number of thioether (sulfide) groups is 1. The minimum absolute atomic E-state index is 0.417. The van der Waals surface area contributed by atoms with Gasteiger partial charge in [0.15, 0.2) is 0 Å². The van der Waals surface area contributed by atoms with E-state index in [0.717, 1.165) is 29.0 Å². The van der Waals surface area contributed by atoms with E-state index in [1.807, 2.05) is 14.0 Å². The zero-order valence-electron chi connectivity index (χ0n) is 11.7. The highest BCUT2D eigenvalue weighted by molar-refractivity contribution is 7.98. The third-order valence-corrected chi connectivity index (χ3v) is 6.54. The molecule has 19 heavy (non-hydrogen) atoms. The molecule has 0 saturated heterocycles. The third-order valence-electron chi connectivity index (χ3n) is 2.67. The molecule has 1 aromatic rings. The monoisotopic (exact) mass is 322 g/mol. The van der Waals surface area contributed by atoms with Gasteiger partial charge in [0.25, 0.3) is 0 Å². The molecule has 0 bridgehead atoms. The van der Waals surface area contributed by atoms with Crippen LogP contribution in [-0.2, 0) is 16.6 Å². The van der Waals surface area contributed by atoms with Gasteiger partial charge >= 0.3 is 0 Å². The second kappa shape index (κ2) is 8.26. The highest BCUT2D eigenvalue weighted by Gasteiger charge is 2.17. The van der Waals surface area contributed by atoms with Crippen LogP contribution in [0.1, 0.15) is 23.3 Å². The Hall–Kier alpha value is -0.0800. The minimum Gasteiger partial charge on any atom is -0.315 e. The van der Waals surface area contributed by atoms with Crippen molar-refractivity contribution in [3.05, 3.63) is 16.5 Å². The van der Waals surface area contributed by atoms with Gasteiger partial charge in [-0.05, 0) is 50.5 Å². The fourth-order valence-electron chi connectivity index (χ4n) is 1.61. The quantitative estimate of drug-likeness (QED) is 0.684. The van der Waals surface area contributed by atoms with Gasteiger partial charge in [-0.1, -0.05) is 0 Å². The van der Waals surface area contributed by atoms with Gasteiger partial charge in [0.2, 0.25) is 10.0 Å². The van der Waals surface area contributed by atoms with Crippen molar-refractivity contribution in [2.45, 2.75) is 30.5 Å². The molecule has 0 amide bonds. The number of nitrogens with one attached hydrogen (secondary N) is 2. The summed E-state index contributed by atoms with van der Waals surface area (Å²) < 4.78 is 27.3. The van der Waals surface area contributed by atoms with Crippen LogP contribution < -0.4 is 10.0 Å². The zero-order valence-corrected chi connectivity index (χ0v) is 14.1. The molecule has 0 aliphatic carbocycles. The van der Waals surface area contributed by atoms with E-state index in [2.05, 4.69) is 16.3 Å². The highest BCUT2D eigenvalue weighted by atomic mass is 32.2. The standard InChI is InChI=1S/C12H22N2O2S3/c1-10-8-12(18-11(10)9-13-2)19(15,16)14-6-4-5-7-17-3/h8,13-14H,4-7,9H2,1-3H3. The first-order chi connectivity index (χ1) is 9.01. The van der Waals surface area contributed by atoms with Crippen molar-refractivity contribution in [2.75, 3.05) is 25.6 Å². The molecule has 0 aliphatic heterocycles. The van der Waals surface area contributed by atoms with Crippen LogP contribution in [0.25, 0.3) is 0 Å². The Bertz CT molecular complexity index is 483. The van der Waals surface area contributed by atoms with E-state index in [0.29, 0.717) is 17.3 Å². The first kappa shape index (κ1) is 17.0. The molecule has 0 spiro atoms. The molecular formula is C12H22N2O2S3. The van der Waals surface area contributed by atoms with Crippen LogP contribution in [0.2, 0.25) is 0 Å². The molecule has 1 rings (SSSR count). The second-order valence-corrected chi connectivity index (χ2v) is 8.42. The molecule has 0 atom stereocenters. The summed E-state index contributed by atoms with van der Waals surface area (Å²) in [5.74, 6) is 1.08. The molecule has 0 unspecified atom stereocenters. The van der Waals surface area contributed by atoms with Gasteiger partial charge in [0.05, 0.1) is 0 Å². The predicted octanol–water partition coefficient (Wildman–Crippen LogP) is 2.20. The summed E-state index contributed by atoms with van der Waals surface area (Å²) in [4.78, 5) is 1.07. The number of hydrogen-bond donors (Lipinski definition) is 2. The fraction of sp³-hybridized carbons (Fsp3) is 0.667. The van der Waals surface area contributed by atoms with E-state index in [1.165, 1.54) is 11.3 Å². The van der Waals surface area contributed by atoms with Crippen LogP contribution in [0.5, 0.6) is 0 Å². The van der Waals surface area contributed by atoms with Crippen molar-refractivity contribution in [3.8, 4) is 0 Å². The van der Waals surface area contributed by atoms with Gasteiger partial charge in [0, 0.05) is 18.0 Å². The Morgan fingerprint density at radius 2 is 2.11 bits per heavy atom. The molecule has 4 nitrogen and oxygen atoms in total. The number of sulfonamides is 1. The summed E-state index contributed by atoms with van der Waals surface area (Å²) in [6, 6.07) is 1.75. The van der Waals surface area contributed by atoms with Crippen LogP contribution in [0, 0.1) is 6.92 Å². The van der Waals surface area contributed by atoms with E-state index < -0.39 is 10.0 Å². The van der Waals surface area contributed by atoms with Gasteiger partial charge in [-0.2, -0.15) is 11.8 Å². The first-order valence-corrected chi connectivity index (χ1v) is 9.93. The first-order valence-electron chi connectivity index (χ1n) is 6.23. The molecular weight excluding hydrogens is 300 g/mol. The SMILES string of the molecule is CNCc1sc(S(=O)(=O)NCCCCSC)cc1C. The Morgan fingerprint density at radius 1 is 1.37 bits per heavy atom. The summed E-state index contributed by atoms with van der Waals surface area (Å²) in [6.45, 7) is 3.17. The summed E-state index contributed by atoms with van der Waals surface area (Å²) >= 11 is 3.13. The van der Waals surface area contributed by atoms with Crippen molar-refractivity contribution >= 4 is 33.1 Å². The molecule has 110 valence electrons. The van der Waals surface area contributed by atoms with Gasteiger partial charge in [0.1, 0.15) is 4.21 Å². The molecule has 0 aromatic carbocycles. The molecule has 0 radical (unpaired) electrons. The third kappa shape index (κ3) is 5.43. The maximum Gasteiger partial charge on any atom is 0.250 e. The molecule has 1 aromatic heterocycles. The van der Waals surface area contributed by atoms with Crippen molar-refractivity contribution in [1.29, 1.82) is 0 Å². The molecule has 0 fully saturated rings. The topological polar surface area (TPSA) is 58.2 Å². The normalized spacial score (nSPS) is 11.9. The van der Waals surface area contributed by atoms with Crippen molar-refractivity contribution in [1.82, 2.24) is 10.0 Å². The average molecular weight is 323 g/mol. The lowest BCUT2D eigenvalue weighted by Crippen LogP contribution is -2.24. The summed E-state index contributed by atoms with van der Waals surface area (Å²) in [5, 5.41) is 3.05. The van der Waals surface area contributed by atoms with Crippen molar-refractivity contribution in [3.63, 3.8) is 0 Å². The van der Waals surface area contributed by atoms with Crippen LogP contribution in [0.15, 0.2) is 10.3 Å². The van der Waals surface area contributed by atoms with E-state index >= 15 is 0 Å². The Morgan fingerprint density at radius 3 is 2.74 bits per heavy atom. The summed E-state index contributed by atoms with van der Waals surface area (Å²) in [7, 11) is -1.48. The Kier molecular flexibility index (Phi) is 7.38. The molecule has 0 saturated carbocycles. The molecule has 1 heterocycles. The maximum atomic E-state index is 12.1. The van der Waals surface area contributed by atoms with Crippen LogP contribution >= 0.6 is 23.1 Å². The lowest BCUT2D eigenvalue weighted by atomic mass is 10.3. The highest BCUT2D eigenvalue weighted by Crippen LogP contribution is 2.25. The summed E-state index contributed by atoms with van der Waals surface area (Å²) in [5.41, 5.74) is 1.03. The van der Waals surface area contributed by atoms with E-state index in [4.69, 9.17) is 0 Å². The fourth-order valence-corrected chi connectivity index (χ4v) is 4.82. The van der Waals surface area contributed by atoms with E-state index in [1.54, 1.807) is 17.8 Å². The largest absolute Gasteiger partial charge is 0.315 e. The predicted molar refractivity (Wildman–Crippen MR) is 84.6 cm³/mol. The lowest BCUT2D eigenvalue weighted by Gasteiger charge is -2.04. The smallest absolute Gasteiger partial charge is 0.250 e. The number of thiophene rings is 1. The summed E-state index contributed by atoms with van der Waals surface area (Å²) in [6.07, 6.45) is 3.98. The number of rotatable bonds is 9. The van der Waals surface area contributed by atoms with Crippen molar-refractivity contribution < 1.29 is 8.42 Å². The van der Waals surface area contributed by atoms with E-state index in [-0.39, 0.29) is 0 Å². The Labute approximate surface area is 124 Å². The van der Waals surface area contributed by atoms with Crippen molar-refractivity contribution in [2.24, 2.45) is 0 Å². The number of unbranched alkanes of at least 4 members (excludes halogenated alkanes) is 1. The zero-order chi connectivity index (χ0) is 14.3. The van der Waals surface area contributed by atoms with E-state index in [9.17, 15) is 8.42 Å². The molecule has 0 aliphatic rings. The minimum atomic E-state index is -3.33. The van der Waals surface area contributed by atoms with Gasteiger partial charge < -0.3 is 5.32 Å². The van der Waals surface area contributed by atoms with Crippen LogP contribution in [-0.4, -0.2) is 34.0 Å². The maximum absolute atomic E-state index is 12.1. The molecule has 2 N–H and O–H groups in total. The van der Waals surface area contributed by atoms with Gasteiger partial charge in [-0.3, -0.25) is 0 Å². The number of aryl methyl sites for hydroxylation is 1. The molecule has 7 heteroatoms. The average Bonchev–Trinajstić information content (AvgIpc) is 2.72. The second-order valence-electron chi connectivity index (χ2n) is 4.30. The van der Waals surface area contributed by atoms with Gasteiger partial charge in [-0.25, -0.2) is 13.1 Å². The van der Waals surface area contributed by atoms with Crippen LogP contribution in [0.3, 0.4) is 0 Å². The van der Waals surface area contributed by atoms with Gasteiger partial charge in [-0.15, -0.1) is 11.3 Å². The lowest BCUT2D eigenvalue weighted by molar-refractivity contribution is 0.580. The Balaban J connectivity index is 2.59. The number of hydrogen-bond acceptors (Lipinski definition) is 5.